The Labute approximate surface area is 85.1 Å². The van der Waals surface area contributed by atoms with Crippen LogP contribution < -0.4 is 10.3 Å². The van der Waals surface area contributed by atoms with Gasteiger partial charge in [0.1, 0.15) is 0 Å². The Morgan fingerprint density at radius 1 is 0.857 bits per heavy atom. The molecule has 0 unspecified atom stereocenters. The minimum atomic E-state index is -3.67. The molecular weight excluding hydrogens is 200 g/mol. The summed E-state index contributed by atoms with van der Waals surface area (Å²) in [6.07, 6.45) is 0. The smallest absolute Gasteiger partial charge is 0.216 e. The van der Waals surface area contributed by atoms with E-state index in [0.29, 0.717) is 0 Å². The summed E-state index contributed by atoms with van der Waals surface area (Å²) in [6.45, 7) is 6.38. The van der Waals surface area contributed by atoms with Crippen molar-refractivity contribution in [3.05, 3.63) is 34.9 Å². The molecule has 0 aliphatic heterocycles. The fourth-order valence-corrected chi connectivity index (χ4v) is 1.20. The Hall–Kier alpha value is -0.910. The van der Waals surface area contributed by atoms with Crippen LogP contribution in [-0.4, -0.2) is 8.42 Å². The number of aryl methyl sites for hydroxylation is 3. The van der Waals surface area contributed by atoms with Crippen LogP contribution in [-0.2, 0) is 10.2 Å². The Kier molecular flexibility index (Phi) is 4.76. The van der Waals surface area contributed by atoms with Crippen molar-refractivity contribution in [3.63, 3.8) is 0 Å². The number of hydrogen-bond donors (Lipinski definition) is 2. The lowest BCUT2D eigenvalue weighted by Gasteiger charge is -1.96. The minimum Gasteiger partial charge on any atom is -0.216 e. The zero-order valence-electron chi connectivity index (χ0n) is 8.61. The Morgan fingerprint density at radius 2 is 1.00 bits per heavy atom. The van der Waals surface area contributed by atoms with Crippen LogP contribution in [0.4, 0.5) is 0 Å². The molecule has 1 rings (SSSR count). The first-order valence-electron chi connectivity index (χ1n) is 4.04. The summed E-state index contributed by atoms with van der Waals surface area (Å²) in [6, 6.07) is 6.56. The van der Waals surface area contributed by atoms with E-state index in [4.69, 9.17) is 0 Å². The molecule has 14 heavy (non-hydrogen) atoms. The molecular formula is C9H16N2O2S. The molecule has 80 valence electrons. The first-order valence-corrected chi connectivity index (χ1v) is 5.65. The second kappa shape index (κ2) is 5.09. The molecule has 4 nitrogen and oxygen atoms in total. The number of nitrogens with two attached hydrogens (primary N) is 2. The van der Waals surface area contributed by atoms with E-state index in [9.17, 15) is 8.42 Å². The predicted molar refractivity (Wildman–Crippen MR) is 57.9 cm³/mol. The van der Waals surface area contributed by atoms with Crippen molar-refractivity contribution in [2.45, 2.75) is 20.8 Å². The Balaban J connectivity index is 0.000000292. The molecule has 0 amide bonds. The lowest BCUT2D eigenvalue weighted by atomic mass is 10.1. The van der Waals surface area contributed by atoms with E-state index in [1.165, 1.54) is 16.7 Å². The van der Waals surface area contributed by atoms with Crippen molar-refractivity contribution < 1.29 is 8.42 Å². The third-order valence-corrected chi connectivity index (χ3v) is 1.37. The molecule has 0 saturated heterocycles. The monoisotopic (exact) mass is 216 g/mol. The van der Waals surface area contributed by atoms with Crippen molar-refractivity contribution in [2.75, 3.05) is 0 Å². The van der Waals surface area contributed by atoms with E-state index >= 15 is 0 Å². The Bertz CT molecular complexity index is 341. The van der Waals surface area contributed by atoms with Crippen LogP contribution in [0.2, 0.25) is 0 Å². The highest BCUT2D eigenvalue weighted by molar-refractivity contribution is 7.86. The number of rotatable bonds is 0. The largest absolute Gasteiger partial charge is 0.271 e. The van der Waals surface area contributed by atoms with E-state index in [1.54, 1.807) is 0 Å². The summed E-state index contributed by atoms with van der Waals surface area (Å²) >= 11 is 0. The molecule has 5 heteroatoms. The van der Waals surface area contributed by atoms with Crippen molar-refractivity contribution in [1.82, 2.24) is 0 Å². The van der Waals surface area contributed by atoms with Gasteiger partial charge >= 0.3 is 0 Å². The summed E-state index contributed by atoms with van der Waals surface area (Å²) in [5.74, 6) is 0. The van der Waals surface area contributed by atoms with Gasteiger partial charge in [-0.1, -0.05) is 34.9 Å². The van der Waals surface area contributed by atoms with E-state index in [2.05, 4.69) is 49.2 Å². The SMILES string of the molecule is Cc1cc(C)cc(C)c1.NS(N)(=O)=O. The van der Waals surface area contributed by atoms with E-state index in [-0.39, 0.29) is 0 Å². The highest BCUT2D eigenvalue weighted by atomic mass is 32.2. The summed E-state index contributed by atoms with van der Waals surface area (Å²) in [7, 11) is -3.67. The van der Waals surface area contributed by atoms with Crippen molar-refractivity contribution in [2.24, 2.45) is 10.3 Å². The van der Waals surface area contributed by atoms with Crippen LogP contribution >= 0.6 is 0 Å². The van der Waals surface area contributed by atoms with Crippen LogP contribution in [0, 0.1) is 20.8 Å². The quantitative estimate of drug-likeness (QED) is 0.670. The first-order chi connectivity index (χ1) is 6.18. The highest BCUT2D eigenvalue weighted by Gasteiger charge is 1.87. The zero-order chi connectivity index (χ0) is 11.4. The van der Waals surface area contributed by atoms with Gasteiger partial charge in [-0.15, -0.1) is 0 Å². The molecule has 0 aliphatic carbocycles. The molecule has 0 radical (unpaired) electrons. The average Bonchev–Trinajstić information content (AvgIpc) is 1.77. The molecule has 0 aromatic heterocycles. The molecule has 1 aromatic carbocycles. The average molecular weight is 216 g/mol. The second-order valence-electron chi connectivity index (χ2n) is 3.25. The van der Waals surface area contributed by atoms with E-state index in [1.807, 2.05) is 0 Å². The van der Waals surface area contributed by atoms with Gasteiger partial charge in [-0.05, 0) is 20.8 Å². The molecule has 0 bridgehead atoms. The third-order valence-electron chi connectivity index (χ3n) is 1.37. The molecule has 0 spiro atoms. The van der Waals surface area contributed by atoms with Gasteiger partial charge < -0.3 is 0 Å². The summed E-state index contributed by atoms with van der Waals surface area (Å²) in [5.41, 5.74) is 4.06. The van der Waals surface area contributed by atoms with Gasteiger partial charge in [0.05, 0.1) is 0 Å². The molecule has 1 aromatic rings. The van der Waals surface area contributed by atoms with Crippen molar-refractivity contribution >= 4 is 10.2 Å². The minimum absolute atomic E-state index is 1.35. The molecule has 0 saturated carbocycles. The van der Waals surface area contributed by atoms with Crippen molar-refractivity contribution in [3.8, 4) is 0 Å². The van der Waals surface area contributed by atoms with Crippen LogP contribution in [0.1, 0.15) is 16.7 Å². The van der Waals surface area contributed by atoms with Gasteiger partial charge in [-0.2, -0.15) is 8.42 Å². The van der Waals surface area contributed by atoms with Gasteiger partial charge in [-0.25, -0.2) is 10.3 Å². The lowest BCUT2D eigenvalue weighted by Crippen LogP contribution is -2.21. The van der Waals surface area contributed by atoms with Gasteiger partial charge in [-0.3, -0.25) is 0 Å². The van der Waals surface area contributed by atoms with Crippen LogP contribution in [0.15, 0.2) is 18.2 Å². The van der Waals surface area contributed by atoms with E-state index in [0.717, 1.165) is 0 Å². The summed E-state index contributed by atoms with van der Waals surface area (Å²) in [4.78, 5) is 0. The number of hydrogen-bond acceptors (Lipinski definition) is 2. The van der Waals surface area contributed by atoms with Crippen LogP contribution in [0.5, 0.6) is 0 Å². The van der Waals surface area contributed by atoms with Gasteiger partial charge in [0.25, 0.3) is 10.2 Å². The summed E-state index contributed by atoms with van der Waals surface area (Å²) < 4.78 is 18.4. The van der Waals surface area contributed by atoms with Crippen LogP contribution in [0.3, 0.4) is 0 Å². The summed E-state index contributed by atoms with van der Waals surface area (Å²) in [5, 5.41) is 8.21. The normalized spacial score (nSPS) is 10.4. The second-order valence-corrected chi connectivity index (χ2v) is 4.43. The standard InChI is InChI=1S/C9H12.H4N2O2S/c1-7-4-8(2)6-9(3)5-7;1-5(2,3)4/h4-6H,1-3H3;(H4,1,2,3,4). The predicted octanol–water partition coefficient (Wildman–Crippen LogP) is 0.760. The first kappa shape index (κ1) is 13.1. The maximum atomic E-state index is 9.19. The molecule has 4 N–H and O–H groups in total. The number of benzene rings is 1. The molecule has 0 fully saturated rings. The maximum Gasteiger partial charge on any atom is 0.271 e. The molecule has 0 atom stereocenters. The fraction of sp³-hybridized carbons (Fsp3) is 0.333. The topological polar surface area (TPSA) is 86.2 Å². The highest BCUT2D eigenvalue weighted by Crippen LogP contribution is 2.06. The van der Waals surface area contributed by atoms with Gasteiger partial charge in [0.15, 0.2) is 0 Å². The zero-order valence-corrected chi connectivity index (χ0v) is 9.43. The molecule has 0 heterocycles. The third kappa shape index (κ3) is 9.18. The Morgan fingerprint density at radius 3 is 1.14 bits per heavy atom. The van der Waals surface area contributed by atoms with Gasteiger partial charge in [0.2, 0.25) is 0 Å². The van der Waals surface area contributed by atoms with Crippen molar-refractivity contribution in [1.29, 1.82) is 0 Å². The van der Waals surface area contributed by atoms with Crippen LogP contribution in [0.25, 0.3) is 0 Å². The fourth-order valence-electron chi connectivity index (χ4n) is 1.20. The van der Waals surface area contributed by atoms with Gasteiger partial charge in [0, 0.05) is 0 Å². The van der Waals surface area contributed by atoms with E-state index < -0.39 is 10.2 Å². The maximum absolute atomic E-state index is 9.19. The lowest BCUT2D eigenvalue weighted by molar-refractivity contribution is 0.599. The molecule has 0 aliphatic rings.